The molecule has 2 N–H and O–H groups in total. The van der Waals surface area contributed by atoms with E-state index in [0.717, 1.165) is 54.8 Å². The number of aryl methyl sites for hydroxylation is 1. The number of piperazine rings is 1. The molecule has 1 aromatic carbocycles. The molecule has 0 aliphatic carbocycles. The zero-order valence-corrected chi connectivity index (χ0v) is 19.3. The number of nitrogens with zero attached hydrogens (tertiary/aromatic N) is 8. The van der Waals surface area contributed by atoms with Gasteiger partial charge in [0.05, 0.1) is 11.8 Å². The Kier molecular flexibility index (Phi) is 5.04. The Morgan fingerprint density at radius 1 is 1.03 bits per heavy atom. The van der Waals surface area contributed by atoms with Crippen molar-refractivity contribution in [1.82, 2.24) is 34.4 Å². The smallest absolute Gasteiger partial charge is 0.259 e. The number of para-hydroxylation sites is 1. The zero-order valence-electron chi connectivity index (χ0n) is 18.5. The number of hydrogen-bond acceptors (Lipinski definition) is 9. The highest BCUT2D eigenvalue weighted by Crippen LogP contribution is 2.25. The van der Waals surface area contributed by atoms with E-state index in [1.165, 1.54) is 4.52 Å². The highest BCUT2D eigenvalue weighted by molar-refractivity contribution is 6.30. The van der Waals surface area contributed by atoms with Gasteiger partial charge in [-0.05, 0) is 30.7 Å². The predicted molar refractivity (Wildman–Crippen MR) is 130 cm³/mol. The second-order valence-corrected chi connectivity index (χ2v) is 8.71. The molecule has 5 heterocycles. The van der Waals surface area contributed by atoms with Crippen molar-refractivity contribution in [1.29, 1.82) is 0 Å². The molecule has 1 aliphatic rings. The Morgan fingerprint density at radius 3 is 2.68 bits per heavy atom. The van der Waals surface area contributed by atoms with Crippen LogP contribution < -0.4 is 10.6 Å². The Labute approximate surface area is 200 Å². The van der Waals surface area contributed by atoms with Crippen LogP contribution in [0.3, 0.4) is 0 Å². The van der Waals surface area contributed by atoms with Crippen molar-refractivity contribution in [2.24, 2.45) is 0 Å². The van der Waals surface area contributed by atoms with Gasteiger partial charge in [0, 0.05) is 43.7 Å². The predicted octanol–water partition coefficient (Wildman–Crippen LogP) is 3.19. The average molecular weight is 476 g/mol. The van der Waals surface area contributed by atoms with E-state index in [9.17, 15) is 0 Å². The van der Waals surface area contributed by atoms with Gasteiger partial charge in [-0.3, -0.25) is 4.90 Å². The molecule has 172 valence electrons. The van der Waals surface area contributed by atoms with Crippen molar-refractivity contribution in [3.8, 4) is 11.6 Å². The van der Waals surface area contributed by atoms with Crippen LogP contribution >= 0.6 is 11.6 Å². The minimum atomic E-state index is 0.233. The number of furan rings is 1. The lowest BCUT2D eigenvalue weighted by Gasteiger charge is -2.34. The molecule has 1 saturated heterocycles. The van der Waals surface area contributed by atoms with Gasteiger partial charge in [-0.25, -0.2) is 4.98 Å². The lowest BCUT2D eigenvalue weighted by Crippen LogP contribution is -2.46. The van der Waals surface area contributed by atoms with Crippen LogP contribution in [0.1, 0.15) is 11.1 Å². The zero-order chi connectivity index (χ0) is 23.2. The minimum absolute atomic E-state index is 0.233. The van der Waals surface area contributed by atoms with E-state index in [4.69, 9.17) is 21.8 Å². The molecule has 1 aliphatic heterocycles. The topological polar surface area (TPSA) is 114 Å². The first-order valence-corrected chi connectivity index (χ1v) is 11.4. The number of anilines is 2. The molecule has 0 atom stereocenters. The lowest BCUT2D eigenvalue weighted by atomic mass is 10.1. The van der Waals surface area contributed by atoms with Crippen molar-refractivity contribution in [2.45, 2.75) is 13.5 Å². The van der Waals surface area contributed by atoms with Crippen LogP contribution in [-0.4, -0.2) is 60.6 Å². The lowest BCUT2D eigenvalue weighted by molar-refractivity contribution is 0.248. The van der Waals surface area contributed by atoms with Crippen LogP contribution in [0.15, 0.2) is 47.1 Å². The van der Waals surface area contributed by atoms with E-state index in [0.29, 0.717) is 28.5 Å². The van der Waals surface area contributed by atoms with Crippen LogP contribution in [0.5, 0.6) is 0 Å². The number of hydrogen-bond donors (Lipinski definition) is 1. The van der Waals surface area contributed by atoms with Crippen molar-refractivity contribution in [3.05, 3.63) is 58.9 Å². The van der Waals surface area contributed by atoms with E-state index in [1.54, 1.807) is 18.4 Å². The summed E-state index contributed by atoms with van der Waals surface area (Å²) in [5.74, 6) is 2.14. The molecule has 1 fully saturated rings. The van der Waals surface area contributed by atoms with Crippen molar-refractivity contribution >= 4 is 40.2 Å². The standard InChI is InChI=1S/C23H22ClN9O/c1-14-4-2-5-15-12-16(19(24)26-18(14)15)13-31-7-9-32(10-8-31)22-28-21(25)33-23(29-22)27-20(30-33)17-6-3-11-34-17/h2-6,11-12H,7-10,13H2,1H3,(H2,25,27,28,29,30). The summed E-state index contributed by atoms with van der Waals surface area (Å²) in [4.78, 5) is 22.6. The highest BCUT2D eigenvalue weighted by Gasteiger charge is 2.22. The monoisotopic (exact) mass is 475 g/mol. The number of halogens is 1. The number of benzene rings is 1. The molecule has 0 saturated carbocycles. The van der Waals surface area contributed by atoms with E-state index in [-0.39, 0.29) is 5.95 Å². The minimum Gasteiger partial charge on any atom is -0.461 e. The third-order valence-electron chi connectivity index (χ3n) is 6.09. The third kappa shape index (κ3) is 3.70. The van der Waals surface area contributed by atoms with E-state index in [2.05, 4.69) is 47.0 Å². The molecule has 11 heteroatoms. The number of pyridine rings is 1. The van der Waals surface area contributed by atoms with E-state index in [1.807, 2.05) is 19.1 Å². The van der Waals surface area contributed by atoms with Crippen molar-refractivity contribution in [3.63, 3.8) is 0 Å². The summed E-state index contributed by atoms with van der Waals surface area (Å²) < 4.78 is 6.80. The first kappa shape index (κ1) is 20.8. The summed E-state index contributed by atoms with van der Waals surface area (Å²) in [6.07, 6.45) is 1.57. The summed E-state index contributed by atoms with van der Waals surface area (Å²) in [5, 5.41) is 6.02. The normalized spacial score (nSPS) is 14.9. The second kappa shape index (κ2) is 8.23. The van der Waals surface area contributed by atoms with Gasteiger partial charge in [0.25, 0.3) is 5.78 Å². The first-order valence-electron chi connectivity index (χ1n) is 11.0. The summed E-state index contributed by atoms with van der Waals surface area (Å²) in [7, 11) is 0. The quantitative estimate of drug-likeness (QED) is 0.391. The molecule has 0 spiro atoms. The average Bonchev–Trinajstić information content (AvgIpc) is 3.51. The largest absolute Gasteiger partial charge is 0.461 e. The van der Waals surface area contributed by atoms with Gasteiger partial charge in [-0.1, -0.05) is 29.8 Å². The highest BCUT2D eigenvalue weighted by atomic mass is 35.5. The number of fused-ring (bicyclic) bond motifs is 2. The molecular weight excluding hydrogens is 454 g/mol. The number of nitrogen functional groups attached to an aromatic ring is 1. The van der Waals surface area contributed by atoms with Gasteiger partial charge in [-0.2, -0.15) is 19.5 Å². The molecule has 0 radical (unpaired) electrons. The summed E-state index contributed by atoms with van der Waals surface area (Å²) in [6.45, 7) is 5.97. The van der Waals surface area contributed by atoms with Gasteiger partial charge < -0.3 is 15.1 Å². The Hall–Kier alpha value is -3.76. The Bertz CT molecular complexity index is 1490. The van der Waals surface area contributed by atoms with E-state index >= 15 is 0 Å². The molecule has 6 rings (SSSR count). The molecule has 0 unspecified atom stereocenters. The summed E-state index contributed by atoms with van der Waals surface area (Å²) >= 11 is 6.53. The van der Waals surface area contributed by atoms with Crippen molar-refractivity contribution in [2.75, 3.05) is 36.8 Å². The fourth-order valence-corrected chi connectivity index (χ4v) is 4.47. The summed E-state index contributed by atoms with van der Waals surface area (Å²) in [5.41, 5.74) is 9.26. The van der Waals surface area contributed by atoms with Gasteiger partial charge in [0.1, 0.15) is 5.15 Å². The molecule has 0 bridgehead atoms. The van der Waals surface area contributed by atoms with Crippen LogP contribution in [0.2, 0.25) is 5.15 Å². The molecule has 0 amide bonds. The van der Waals surface area contributed by atoms with Gasteiger partial charge in [0.15, 0.2) is 5.76 Å². The van der Waals surface area contributed by atoms with Gasteiger partial charge in [0.2, 0.25) is 17.7 Å². The van der Waals surface area contributed by atoms with Crippen LogP contribution in [0, 0.1) is 6.92 Å². The maximum atomic E-state index is 6.53. The fraction of sp³-hybridized carbons (Fsp3) is 0.261. The SMILES string of the molecule is Cc1cccc2cc(CN3CCN(c4nc(N)n5nc(-c6ccco6)nc5n4)CC3)c(Cl)nc12. The third-order valence-corrected chi connectivity index (χ3v) is 6.41. The van der Waals surface area contributed by atoms with Crippen LogP contribution in [-0.2, 0) is 6.54 Å². The molecular formula is C23H22ClN9O. The maximum Gasteiger partial charge on any atom is 0.259 e. The van der Waals surface area contributed by atoms with E-state index < -0.39 is 0 Å². The van der Waals surface area contributed by atoms with Crippen LogP contribution in [0.25, 0.3) is 28.3 Å². The molecule has 5 aromatic rings. The molecule has 34 heavy (non-hydrogen) atoms. The molecule has 10 nitrogen and oxygen atoms in total. The second-order valence-electron chi connectivity index (χ2n) is 8.35. The van der Waals surface area contributed by atoms with Gasteiger partial charge >= 0.3 is 0 Å². The Balaban J connectivity index is 1.18. The Morgan fingerprint density at radius 2 is 1.88 bits per heavy atom. The first-order chi connectivity index (χ1) is 16.5. The number of aromatic nitrogens is 6. The maximum absolute atomic E-state index is 6.53. The number of rotatable bonds is 4. The number of nitrogens with two attached hydrogens (primary N) is 1. The van der Waals surface area contributed by atoms with Crippen LogP contribution in [0.4, 0.5) is 11.9 Å². The van der Waals surface area contributed by atoms with Gasteiger partial charge in [-0.15, -0.1) is 5.10 Å². The summed E-state index contributed by atoms with van der Waals surface area (Å²) in [6, 6.07) is 11.9. The fourth-order valence-electron chi connectivity index (χ4n) is 4.27. The molecule has 4 aromatic heterocycles. The van der Waals surface area contributed by atoms with Crippen molar-refractivity contribution < 1.29 is 4.42 Å².